The highest BCUT2D eigenvalue weighted by molar-refractivity contribution is 6.04. The summed E-state index contributed by atoms with van der Waals surface area (Å²) in [6, 6.07) is 5.81. The minimum atomic E-state index is -4.18. The lowest BCUT2D eigenvalue weighted by molar-refractivity contribution is -0.149. The molecular formula is C28H35F3N6O2. The highest BCUT2D eigenvalue weighted by Crippen LogP contribution is 2.33. The number of fused-ring (bicyclic) bond motifs is 3. The van der Waals surface area contributed by atoms with Gasteiger partial charge in [-0.2, -0.15) is 18.2 Å². The number of aliphatic hydroxyl groups is 1. The van der Waals surface area contributed by atoms with Gasteiger partial charge in [-0.15, -0.1) is 0 Å². The minimum Gasteiger partial charge on any atom is -0.393 e. The average Bonchev–Trinajstić information content (AvgIpc) is 3.74. The third-order valence-electron chi connectivity index (χ3n) is 8.37. The van der Waals surface area contributed by atoms with Gasteiger partial charge in [0, 0.05) is 62.3 Å². The van der Waals surface area contributed by atoms with Gasteiger partial charge in [-0.05, 0) is 61.5 Å². The number of nitrogens with zero attached hydrogens (tertiary/aromatic N) is 5. The molecule has 0 spiro atoms. The zero-order chi connectivity index (χ0) is 27.1. The second-order valence-electron chi connectivity index (χ2n) is 11.4. The number of pyridine rings is 1. The summed E-state index contributed by atoms with van der Waals surface area (Å²) in [5.74, 6) is 1.19. The van der Waals surface area contributed by atoms with Gasteiger partial charge in [-0.1, -0.05) is 12.1 Å². The Morgan fingerprint density at radius 3 is 2.36 bits per heavy atom. The number of benzene rings is 1. The predicted octanol–water partition coefficient (Wildman–Crippen LogP) is 3.92. The molecule has 0 amide bonds. The summed E-state index contributed by atoms with van der Waals surface area (Å²) in [6.07, 6.45) is 2.42. The van der Waals surface area contributed by atoms with E-state index in [2.05, 4.69) is 15.2 Å². The van der Waals surface area contributed by atoms with Crippen LogP contribution in [0.1, 0.15) is 50.1 Å². The first-order valence-corrected chi connectivity index (χ1v) is 14.0. The molecule has 0 atom stereocenters. The Bertz CT molecular complexity index is 1390. The van der Waals surface area contributed by atoms with Crippen molar-refractivity contribution in [3.63, 3.8) is 0 Å². The third-order valence-corrected chi connectivity index (χ3v) is 8.37. The number of hydrogen-bond acceptors (Lipinski definition) is 7. The van der Waals surface area contributed by atoms with E-state index in [0.29, 0.717) is 81.3 Å². The fourth-order valence-electron chi connectivity index (χ4n) is 5.99. The smallest absolute Gasteiger partial charge is 0.393 e. The first kappa shape index (κ1) is 26.5. The van der Waals surface area contributed by atoms with Gasteiger partial charge in [0.1, 0.15) is 5.65 Å². The molecule has 2 N–H and O–H groups in total. The predicted molar refractivity (Wildman–Crippen MR) is 144 cm³/mol. The fraction of sp³-hybridized carbons (Fsp3) is 0.607. The number of aromatic nitrogens is 3. The molecular weight excluding hydrogens is 509 g/mol. The Balaban J connectivity index is 1.31. The SMILES string of the molecule is O=c1c2cc(CN3CCN(CC(F)(F)F)CC3)ccc2c2cnc(NCC3CC3)nc2n1C1CCC(O)CC1. The summed E-state index contributed by atoms with van der Waals surface area (Å²) in [7, 11) is 0. The molecule has 3 aromatic rings. The molecule has 1 saturated heterocycles. The van der Waals surface area contributed by atoms with Gasteiger partial charge in [0.2, 0.25) is 5.95 Å². The Morgan fingerprint density at radius 1 is 0.949 bits per heavy atom. The zero-order valence-electron chi connectivity index (χ0n) is 22.0. The number of anilines is 1. The maximum Gasteiger partial charge on any atom is 0.401 e. The quantitative estimate of drug-likeness (QED) is 0.436. The molecule has 2 saturated carbocycles. The molecule has 11 heteroatoms. The first-order chi connectivity index (χ1) is 18.7. The van der Waals surface area contributed by atoms with E-state index in [4.69, 9.17) is 4.98 Å². The highest BCUT2D eigenvalue weighted by atomic mass is 19.4. The van der Waals surface area contributed by atoms with Crippen molar-refractivity contribution in [3.8, 4) is 0 Å². The van der Waals surface area contributed by atoms with E-state index >= 15 is 0 Å². The molecule has 8 nitrogen and oxygen atoms in total. The topological polar surface area (TPSA) is 86.5 Å². The lowest BCUT2D eigenvalue weighted by atomic mass is 9.92. The van der Waals surface area contributed by atoms with Crippen LogP contribution < -0.4 is 10.9 Å². The molecule has 3 fully saturated rings. The number of halogens is 3. The van der Waals surface area contributed by atoms with Crippen LogP contribution >= 0.6 is 0 Å². The standard InChI is InChI=1S/C28H35F3N6O2/c29-28(30,31)17-36-11-9-35(10-12-36)16-19-3-8-22-23(13-19)26(39)37(20-4-6-21(38)7-5-20)25-24(22)15-33-27(34-25)32-14-18-1-2-18/h3,8,13,15,18,20-21,38H,1-2,4-7,9-12,14,16-17H2,(H,32,33,34). The van der Waals surface area contributed by atoms with Gasteiger partial charge < -0.3 is 10.4 Å². The zero-order valence-corrected chi connectivity index (χ0v) is 22.0. The van der Waals surface area contributed by atoms with Crippen molar-refractivity contribution in [1.82, 2.24) is 24.3 Å². The van der Waals surface area contributed by atoms with Crippen LogP contribution in [0.4, 0.5) is 19.1 Å². The fourth-order valence-corrected chi connectivity index (χ4v) is 5.99. The van der Waals surface area contributed by atoms with Gasteiger partial charge in [0.15, 0.2) is 0 Å². The average molecular weight is 545 g/mol. The Labute approximate surface area is 224 Å². The molecule has 2 aliphatic carbocycles. The maximum absolute atomic E-state index is 14.0. The lowest BCUT2D eigenvalue weighted by Gasteiger charge is -2.35. The maximum atomic E-state index is 14.0. The second kappa shape index (κ2) is 10.7. The third kappa shape index (κ3) is 6.05. The summed E-state index contributed by atoms with van der Waals surface area (Å²) < 4.78 is 40.1. The summed E-state index contributed by atoms with van der Waals surface area (Å²) in [6.45, 7) is 2.35. The minimum absolute atomic E-state index is 0.0515. The van der Waals surface area contributed by atoms with Gasteiger partial charge in [0.25, 0.3) is 5.56 Å². The van der Waals surface area contributed by atoms with Crippen LogP contribution in [0.3, 0.4) is 0 Å². The van der Waals surface area contributed by atoms with E-state index < -0.39 is 12.7 Å². The van der Waals surface area contributed by atoms with Crippen molar-refractivity contribution in [1.29, 1.82) is 0 Å². The van der Waals surface area contributed by atoms with Crippen LogP contribution in [0, 0.1) is 5.92 Å². The van der Waals surface area contributed by atoms with Crippen LogP contribution in [-0.4, -0.2) is 81.0 Å². The van der Waals surface area contributed by atoms with Crippen LogP contribution in [0.15, 0.2) is 29.2 Å². The van der Waals surface area contributed by atoms with Gasteiger partial charge in [0.05, 0.1) is 12.6 Å². The summed E-state index contributed by atoms with van der Waals surface area (Å²) in [5.41, 5.74) is 1.48. The normalized spacial score (nSPS) is 23.5. The number of rotatable bonds is 7. The molecule has 0 unspecified atom stereocenters. The van der Waals surface area contributed by atoms with E-state index in [1.165, 1.54) is 17.7 Å². The summed E-state index contributed by atoms with van der Waals surface area (Å²) in [5, 5.41) is 15.6. The first-order valence-electron chi connectivity index (χ1n) is 14.0. The molecule has 0 bridgehead atoms. The van der Waals surface area contributed by atoms with Crippen molar-refractivity contribution < 1.29 is 18.3 Å². The van der Waals surface area contributed by atoms with Crippen molar-refractivity contribution >= 4 is 27.8 Å². The van der Waals surface area contributed by atoms with E-state index in [1.807, 2.05) is 22.8 Å². The van der Waals surface area contributed by atoms with Gasteiger partial charge in [-0.25, -0.2) is 4.98 Å². The Kier molecular flexibility index (Phi) is 7.24. The molecule has 1 aliphatic heterocycles. The molecule has 3 aliphatic rings. The number of aliphatic hydroxyl groups excluding tert-OH is 1. The Hall–Kier alpha value is -2.76. The number of piperazine rings is 1. The van der Waals surface area contributed by atoms with Gasteiger partial charge >= 0.3 is 6.18 Å². The molecule has 2 aromatic heterocycles. The molecule has 0 radical (unpaired) electrons. The van der Waals surface area contributed by atoms with E-state index in [0.717, 1.165) is 22.9 Å². The lowest BCUT2D eigenvalue weighted by Crippen LogP contribution is -2.48. The van der Waals surface area contributed by atoms with Crippen molar-refractivity contribution in [3.05, 3.63) is 40.3 Å². The monoisotopic (exact) mass is 544 g/mol. The van der Waals surface area contributed by atoms with Crippen molar-refractivity contribution in [2.24, 2.45) is 5.92 Å². The van der Waals surface area contributed by atoms with E-state index in [9.17, 15) is 23.1 Å². The van der Waals surface area contributed by atoms with Crippen LogP contribution in [0.25, 0.3) is 21.8 Å². The van der Waals surface area contributed by atoms with E-state index in [1.54, 1.807) is 6.20 Å². The van der Waals surface area contributed by atoms with Crippen molar-refractivity contribution in [2.45, 2.75) is 63.4 Å². The Morgan fingerprint density at radius 2 is 1.67 bits per heavy atom. The molecule has 1 aromatic carbocycles. The number of nitrogens with one attached hydrogen (secondary N) is 1. The highest BCUT2D eigenvalue weighted by Gasteiger charge is 2.32. The largest absolute Gasteiger partial charge is 0.401 e. The summed E-state index contributed by atoms with van der Waals surface area (Å²) in [4.78, 5) is 27.0. The van der Waals surface area contributed by atoms with Crippen molar-refractivity contribution in [2.75, 3.05) is 44.6 Å². The van der Waals surface area contributed by atoms with Crippen LogP contribution in [0.5, 0.6) is 0 Å². The van der Waals surface area contributed by atoms with E-state index in [-0.39, 0.29) is 17.7 Å². The molecule has 6 rings (SSSR count). The number of alkyl halides is 3. The van der Waals surface area contributed by atoms with Gasteiger partial charge in [-0.3, -0.25) is 19.2 Å². The number of hydrogen-bond donors (Lipinski definition) is 2. The molecule has 3 heterocycles. The molecule has 39 heavy (non-hydrogen) atoms. The molecule has 210 valence electrons. The van der Waals surface area contributed by atoms with Crippen LogP contribution in [0.2, 0.25) is 0 Å². The second-order valence-corrected chi connectivity index (χ2v) is 11.4. The summed E-state index contributed by atoms with van der Waals surface area (Å²) >= 11 is 0. The van der Waals surface area contributed by atoms with Crippen LogP contribution in [-0.2, 0) is 6.54 Å².